The maximum Gasteiger partial charge on any atom is 0.264 e. The molecule has 0 aliphatic carbocycles. The molecule has 38 heavy (non-hydrogen) atoms. The first-order valence-electron chi connectivity index (χ1n) is 12.7. The van der Waals surface area contributed by atoms with Gasteiger partial charge < -0.3 is 10.2 Å². The highest BCUT2D eigenvalue weighted by Crippen LogP contribution is 2.24. The third-order valence-electron chi connectivity index (χ3n) is 6.08. The lowest BCUT2D eigenvalue weighted by atomic mass is 10.1. The Bertz CT molecular complexity index is 1320. The molecule has 8 heteroatoms. The summed E-state index contributed by atoms with van der Waals surface area (Å²) in [6, 6.07) is 23.9. The van der Waals surface area contributed by atoms with E-state index in [2.05, 4.69) is 5.32 Å². The number of hydrogen-bond donors (Lipinski definition) is 1. The number of rotatable bonds is 10. The van der Waals surface area contributed by atoms with E-state index in [1.54, 1.807) is 49.4 Å². The predicted octanol–water partition coefficient (Wildman–Crippen LogP) is 4.56. The second-order valence-corrected chi connectivity index (χ2v) is 12.3. The predicted molar refractivity (Wildman–Crippen MR) is 151 cm³/mol. The molecule has 3 aromatic rings. The molecule has 0 bridgehead atoms. The van der Waals surface area contributed by atoms with Crippen LogP contribution in [0.4, 0.5) is 5.69 Å². The van der Waals surface area contributed by atoms with Gasteiger partial charge in [-0.2, -0.15) is 0 Å². The maximum absolute atomic E-state index is 13.8. The van der Waals surface area contributed by atoms with E-state index in [0.29, 0.717) is 12.1 Å². The lowest BCUT2D eigenvalue weighted by Gasteiger charge is -2.33. The number of nitrogens with zero attached hydrogens (tertiary/aromatic N) is 2. The molecule has 202 valence electrons. The number of carbonyl (C=O) groups excluding carboxylic acids is 2. The molecule has 0 heterocycles. The van der Waals surface area contributed by atoms with E-state index in [1.165, 1.54) is 17.0 Å². The number of aryl methyl sites for hydroxylation is 1. The molecule has 0 fully saturated rings. The van der Waals surface area contributed by atoms with E-state index in [1.807, 2.05) is 58.0 Å². The van der Waals surface area contributed by atoms with Crippen LogP contribution >= 0.6 is 0 Å². The van der Waals surface area contributed by atoms with Crippen molar-refractivity contribution in [3.63, 3.8) is 0 Å². The fourth-order valence-electron chi connectivity index (χ4n) is 4.00. The van der Waals surface area contributed by atoms with Gasteiger partial charge >= 0.3 is 0 Å². The van der Waals surface area contributed by atoms with E-state index in [-0.39, 0.29) is 17.3 Å². The number of carbonyl (C=O) groups is 2. The zero-order valence-corrected chi connectivity index (χ0v) is 23.5. The second-order valence-electron chi connectivity index (χ2n) is 10.4. The highest BCUT2D eigenvalue weighted by Gasteiger charge is 2.33. The molecule has 0 spiro atoms. The van der Waals surface area contributed by atoms with Gasteiger partial charge in [-0.1, -0.05) is 66.2 Å². The highest BCUT2D eigenvalue weighted by molar-refractivity contribution is 7.92. The first-order valence-corrected chi connectivity index (χ1v) is 14.1. The Hall–Kier alpha value is -3.65. The van der Waals surface area contributed by atoms with E-state index < -0.39 is 34.1 Å². The van der Waals surface area contributed by atoms with Crippen LogP contribution in [0.1, 0.15) is 38.8 Å². The Morgan fingerprint density at radius 1 is 0.868 bits per heavy atom. The minimum absolute atomic E-state index is 0.0859. The molecule has 0 aliphatic heterocycles. The van der Waals surface area contributed by atoms with Crippen LogP contribution in [-0.2, 0) is 26.0 Å². The third kappa shape index (κ3) is 7.68. The summed E-state index contributed by atoms with van der Waals surface area (Å²) in [6.07, 6.45) is 0.523. The van der Waals surface area contributed by atoms with E-state index >= 15 is 0 Å². The maximum atomic E-state index is 13.8. The van der Waals surface area contributed by atoms with Crippen molar-refractivity contribution >= 4 is 27.5 Å². The van der Waals surface area contributed by atoms with Crippen LogP contribution in [0.15, 0.2) is 89.8 Å². The zero-order valence-electron chi connectivity index (χ0n) is 22.7. The fraction of sp³-hybridized carbons (Fsp3) is 0.333. The number of amides is 2. The van der Waals surface area contributed by atoms with Gasteiger partial charge in [0, 0.05) is 12.1 Å². The van der Waals surface area contributed by atoms with E-state index in [9.17, 15) is 18.0 Å². The highest BCUT2D eigenvalue weighted by atomic mass is 32.2. The molecule has 0 saturated heterocycles. The number of anilines is 1. The van der Waals surface area contributed by atoms with Crippen LogP contribution in [0.2, 0.25) is 0 Å². The van der Waals surface area contributed by atoms with Crippen molar-refractivity contribution in [1.82, 2.24) is 10.2 Å². The molecule has 2 amide bonds. The Labute approximate surface area is 226 Å². The number of nitrogens with one attached hydrogen (secondary N) is 1. The number of sulfonamides is 1. The van der Waals surface area contributed by atoms with Crippen LogP contribution in [0, 0.1) is 6.92 Å². The zero-order chi connectivity index (χ0) is 27.9. The summed E-state index contributed by atoms with van der Waals surface area (Å²) < 4.78 is 28.6. The third-order valence-corrected chi connectivity index (χ3v) is 7.87. The van der Waals surface area contributed by atoms with Gasteiger partial charge in [-0.05, 0) is 70.9 Å². The summed E-state index contributed by atoms with van der Waals surface area (Å²) >= 11 is 0. The van der Waals surface area contributed by atoms with Crippen LogP contribution in [0.5, 0.6) is 0 Å². The quantitative estimate of drug-likeness (QED) is 0.412. The Kier molecular flexibility index (Phi) is 9.33. The minimum Gasteiger partial charge on any atom is -0.350 e. The van der Waals surface area contributed by atoms with Crippen molar-refractivity contribution < 1.29 is 18.0 Å². The Balaban J connectivity index is 1.96. The summed E-state index contributed by atoms with van der Waals surface area (Å²) in [5.41, 5.74) is 1.88. The van der Waals surface area contributed by atoms with Crippen molar-refractivity contribution in [1.29, 1.82) is 0 Å². The molecule has 0 aliphatic rings. The molecule has 1 N–H and O–H groups in total. The molecular formula is C30H37N3O4S. The van der Waals surface area contributed by atoms with Crippen molar-refractivity contribution in [2.75, 3.05) is 17.4 Å². The van der Waals surface area contributed by atoms with Crippen molar-refractivity contribution in [3.05, 3.63) is 96.1 Å². The van der Waals surface area contributed by atoms with Crippen LogP contribution in [0.3, 0.4) is 0 Å². The normalized spacial score (nSPS) is 12.4. The SMILES string of the molecule is Cc1ccc(N(CC(=O)N(CCc2ccccc2)C(C)C(=O)NC(C)(C)C)S(=O)(=O)c2ccccc2)cc1. The summed E-state index contributed by atoms with van der Waals surface area (Å²) in [6.45, 7) is 9.02. The topological polar surface area (TPSA) is 86.8 Å². The molecule has 1 unspecified atom stereocenters. The largest absolute Gasteiger partial charge is 0.350 e. The number of benzene rings is 3. The van der Waals surface area contributed by atoms with Gasteiger partial charge in [0.1, 0.15) is 12.6 Å². The molecule has 0 radical (unpaired) electrons. The molecule has 7 nitrogen and oxygen atoms in total. The summed E-state index contributed by atoms with van der Waals surface area (Å²) in [5, 5.41) is 2.94. The van der Waals surface area contributed by atoms with Crippen LogP contribution < -0.4 is 9.62 Å². The average molecular weight is 536 g/mol. The second kappa shape index (κ2) is 12.3. The lowest BCUT2D eigenvalue weighted by Crippen LogP contribution is -2.55. The minimum atomic E-state index is -4.05. The average Bonchev–Trinajstić information content (AvgIpc) is 2.88. The Morgan fingerprint density at radius 3 is 1.97 bits per heavy atom. The molecular weight excluding hydrogens is 498 g/mol. The fourth-order valence-corrected chi connectivity index (χ4v) is 5.44. The monoisotopic (exact) mass is 535 g/mol. The summed E-state index contributed by atoms with van der Waals surface area (Å²) in [5.74, 6) is -0.760. The summed E-state index contributed by atoms with van der Waals surface area (Å²) in [4.78, 5) is 28.5. The van der Waals surface area contributed by atoms with Crippen molar-refractivity contribution in [2.45, 2.75) is 57.5 Å². The van der Waals surface area contributed by atoms with Crippen LogP contribution in [0.25, 0.3) is 0 Å². The van der Waals surface area contributed by atoms with Gasteiger partial charge in [0.2, 0.25) is 11.8 Å². The first kappa shape index (κ1) is 28.9. The van der Waals surface area contributed by atoms with Gasteiger partial charge in [-0.25, -0.2) is 8.42 Å². The van der Waals surface area contributed by atoms with Crippen molar-refractivity contribution in [3.8, 4) is 0 Å². The van der Waals surface area contributed by atoms with Gasteiger partial charge in [-0.15, -0.1) is 0 Å². The smallest absolute Gasteiger partial charge is 0.264 e. The van der Waals surface area contributed by atoms with Gasteiger partial charge in [0.25, 0.3) is 10.0 Å². The molecule has 0 saturated carbocycles. The molecule has 0 aromatic heterocycles. The summed E-state index contributed by atoms with van der Waals surface area (Å²) in [7, 11) is -4.05. The van der Waals surface area contributed by atoms with Gasteiger partial charge in [-0.3, -0.25) is 13.9 Å². The van der Waals surface area contributed by atoms with Gasteiger partial charge in [0.15, 0.2) is 0 Å². The molecule has 1 atom stereocenters. The Morgan fingerprint density at radius 2 is 1.42 bits per heavy atom. The van der Waals surface area contributed by atoms with Crippen molar-refractivity contribution in [2.24, 2.45) is 0 Å². The van der Waals surface area contributed by atoms with E-state index in [0.717, 1.165) is 15.4 Å². The molecule has 3 rings (SSSR count). The number of hydrogen-bond acceptors (Lipinski definition) is 4. The molecule has 3 aromatic carbocycles. The van der Waals surface area contributed by atoms with Crippen LogP contribution in [-0.4, -0.2) is 49.8 Å². The first-order chi connectivity index (χ1) is 17.9. The standard InChI is InChI=1S/C30H37N3O4S/c1-23-16-18-26(19-17-23)33(38(36,37)27-14-10-7-11-15-27)22-28(34)32(21-20-25-12-8-6-9-13-25)24(2)29(35)31-30(3,4)5/h6-19,24H,20-22H2,1-5H3,(H,31,35). The lowest BCUT2D eigenvalue weighted by molar-refractivity contribution is -0.139. The van der Waals surface area contributed by atoms with E-state index in [4.69, 9.17) is 0 Å². The van der Waals surface area contributed by atoms with Gasteiger partial charge in [0.05, 0.1) is 10.6 Å².